The molecule has 1 aliphatic carbocycles. The van der Waals surface area contributed by atoms with Gasteiger partial charge in [0.1, 0.15) is 5.72 Å². The Bertz CT molecular complexity index is 112. The maximum Gasteiger partial charge on any atom is 0.116 e. The molecule has 2 heteroatoms. The molecule has 0 amide bonds. The van der Waals surface area contributed by atoms with Crippen LogP contribution in [0.4, 0.5) is 0 Å². The van der Waals surface area contributed by atoms with Crippen LogP contribution < -0.4 is 5.73 Å². The normalized spacial score (nSPS) is 41.7. The molecule has 60 valence electrons. The lowest BCUT2D eigenvalue weighted by Crippen LogP contribution is -2.48. The van der Waals surface area contributed by atoms with Crippen LogP contribution in [-0.2, 0) is 0 Å². The fraction of sp³-hybridized carbons (Fsp3) is 1.00. The molecular weight excluding hydrogens is 126 g/mol. The number of nitrogens with two attached hydrogens (primary N) is 1. The molecule has 0 aliphatic heterocycles. The summed E-state index contributed by atoms with van der Waals surface area (Å²) in [5, 5.41) is 9.61. The molecule has 0 aromatic rings. The molecule has 2 nitrogen and oxygen atoms in total. The number of hydrogen-bond donors (Lipinski definition) is 2. The highest BCUT2D eigenvalue weighted by atomic mass is 16.3. The summed E-state index contributed by atoms with van der Waals surface area (Å²) in [6.45, 7) is 2.09. The van der Waals surface area contributed by atoms with Gasteiger partial charge in [-0.1, -0.05) is 13.3 Å². The van der Waals surface area contributed by atoms with Crippen molar-refractivity contribution in [2.45, 2.75) is 44.8 Å². The number of hydrogen-bond acceptors (Lipinski definition) is 2. The van der Waals surface area contributed by atoms with Crippen LogP contribution in [0, 0.1) is 5.92 Å². The van der Waals surface area contributed by atoms with E-state index in [4.69, 9.17) is 5.73 Å². The minimum atomic E-state index is -0.854. The van der Waals surface area contributed by atoms with Crippen molar-refractivity contribution < 1.29 is 5.11 Å². The highest BCUT2D eigenvalue weighted by molar-refractivity contribution is 4.83. The monoisotopic (exact) mass is 143 g/mol. The number of rotatable bonds is 1. The molecule has 0 aromatic carbocycles. The van der Waals surface area contributed by atoms with Crippen LogP contribution in [0.25, 0.3) is 0 Å². The van der Waals surface area contributed by atoms with Crippen molar-refractivity contribution in [1.82, 2.24) is 0 Å². The highest BCUT2D eigenvalue weighted by Gasteiger charge is 2.33. The van der Waals surface area contributed by atoms with Gasteiger partial charge in [0.25, 0.3) is 0 Å². The van der Waals surface area contributed by atoms with Crippen LogP contribution in [0.5, 0.6) is 0 Å². The molecule has 1 rings (SSSR count). The van der Waals surface area contributed by atoms with Gasteiger partial charge in [-0.25, -0.2) is 0 Å². The van der Waals surface area contributed by atoms with Gasteiger partial charge in [-0.05, 0) is 25.7 Å². The van der Waals surface area contributed by atoms with Crippen molar-refractivity contribution in [1.29, 1.82) is 0 Å². The third kappa shape index (κ3) is 1.50. The van der Waals surface area contributed by atoms with Gasteiger partial charge in [0.15, 0.2) is 0 Å². The molecule has 0 aromatic heterocycles. The van der Waals surface area contributed by atoms with Gasteiger partial charge in [0.2, 0.25) is 0 Å². The van der Waals surface area contributed by atoms with Crippen molar-refractivity contribution in [3.63, 3.8) is 0 Å². The average molecular weight is 143 g/mol. The van der Waals surface area contributed by atoms with Crippen molar-refractivity contribution in [2.24, 2.45) is 11.7 Å². The van der Waals surface area contributed by atoms with Crippen LogP contribution in [-0.4, -0.2) is 10.8 Å². The van der Waals surface area contributed by atoms with E-state index < -0.39 is 5.72 Å². The molecular formula is C8H17NO. The van der Waals surface area contributed by atoms with Gasteiger partial charge in [0.05, 0.1) is 0 Å². The summed E-state index contributed by atoms with van der Waals surface area (Å²) in [6.07, 6.45) is 5.21. The van der Waals surface area contributed by atoms with Gasteiger partial charge in [-0.15, -0.1) is 0 Å². The van der Waals surface area contributed by atoms with Crippen LogP contribution >= 0.6 is 0 Å². The van der Waals surface area contributed by atoms with E-state index in [1.807, 2.05) is 0 Å². The maximum atomic E-state index is 9.61. The van der Waals surface area contributed by atoms with Gasteiger partial charge in [-0.2, -0.15) is 0 Å². The van der Waals surface area contributed by atoms with Crippen LogP contribution in [0.1, 0.15) is 39.0 Å². The molecule has 1 fully saturated rings. The molecule has 0 bridgehead atoms. The lowest BCUT2D eigenvalue weighted by Gasteiger charge is -2.36. The minimum Gasteiger partial charge on any atom is -0.376 e. The SMILES string of the molecule is CCC1CCCCC1(N)O. The minimum absolute atomic E-state index is 0.334. The van der Waals surface area contributed by atoms with Gasteiger partial charge in [0, 0.05) is 5.92 Å². The zero-order valence-electron chi connectivity index (χ0n) is 6.64. The van der Waals surface area contributed by atoms with Crippen LogP contribution in [0.15, 0.2) is 0 Å². The summed E-state index contributed by atoms with van der Waals surface area (Å²) in [5.74, 6) is 0.334. The largest absolute Gasteiger partial charge is 0.376 e. The van der Waals surface area contributed by atoms with E-state index in [9.17, 15) is 5.11 Å². The predicted octanol–water partition coefficient (Wildman–Crippen LogP) is 1.23. The lowest BCUT2D eigenvalue weighted by molar-refractivity contribution is -0.0441. The smallest absolute Gasteiger partial charge is 0.116 e. The van der Waals surface area contributed by atoms with E-state index in [1.54, 1.807) is 0 Å². The Morgan fingerprint density at radius 1 is 1.60 bits per heavy atom. The van der Waals surface area contributed by atoms with Crippen LogP contribution in [0.2, 0.25) is 0 Å². The quantitative estimate of drug-likeness (QED) is 0.542. The van der Waals surface area contributed by atoms with Crippen molar-refractivity contribution in [3.8, 4) is 0 Å². The van der Waals surface area contributed by atoms with Crippen molar-refractivity contribution in [2.75, 3.05) is 0 Å². The van der Waals surface area contributed by atoms with Gasteiger partial charge < -0.3 is 10.8 Å². The van der Waals surface area contributed by atoms with Gasteiger partial charge in [-0.3, -0.25) is 0 Å². The molecule has 0 radical (unpaired) electrons. The molecule has 2 unspecified atom stereocenters. The van der Waals surface area contributed by atoms with Crippen molar-refractivity contribution >= 4 is 0 Å². The Morgan fingerprint density at radius 3 is 2.70 bits per heavy atom. The standard InChI is InChI=1S/C8H17NO/c1-2-7-5-3-4-6-8(7,9)10/h7,10H,2-6,9H2,1H3. The second-order valence-electron chi connectivity index (χ2n) is 3.34. The summed E-state index contributed by atoms with van der Waals surface area (Å²) < 4.78 is 0. The Morgan fingerprint density at radius 2 is 2.30 bits per heavy atom. The molecule has 2 atom stereocenters. The second-order valence-corrected chi connectivity index (χ2v) is 3.34. The summed E-state index contributed by atoms with van der Waals surface area (Å²) in [5.41, 5.74) is 4.83. The molecule has 0 spiro atoms. The average Bonchev–Trinajstić information content (AvgIpc) is 1.87. The van der Waals surface area contributed by atoms with Crippen molar-refractivity contribution in [3.05, 3.63) is 0 Å². The highest BCUT2D eigenvalue weighted by Crippen LogP contribution is 2.31. The summed E-state index contributed by atoms with van der Waals surface area (Å²) in [7, 11) is 0. The molecule has 0 saturated heterocycles. The first-order valence-corrected chi connectivity index (χ1v) is 4.18. The predicted molar refractivity (Wildman–Crippen MR) is 41.4 cm³/mol. The van der Waals surface area contributed by atoms with Crippen LogP contribution in [0.3, 0.4) is 0 Å². The molecule has 0 heterocycles. The van der Waals surface area contributed by atoms with Gasteiger partial charge >= 0.3 is 0 Å². The van der Waals surface area contributed by atoms with E-state index in [0.717, 1.165) is 25.7 Å². The van der Waals surface area contributed by atoms with E-state index in [-0.39, 0.29) is 0 Å². The fourth-order valence-corrected chi connectivity index (χ4v) is 1.81. The third-order valence-electron chi connectivity index (χ3n) is 2.58. The Kier molecular flexibility index (Phi) is 2.32. The summed E-state index contributed by atoms with van der Waals surface area (Å²) in [6, 6.07) is 0. The third-order valence-corrected chi connectivity index (χ3v) is 2.58. The second kappa shape index (κ2) is 2.89. The first-order valence-electron chi connectivity index (χ1n) is 4.18. The zero-order valence-corrected chi connectivity index (χ0v) is 6.64. The molecule has 1 aliphatic rings. The summed E-state index contributed by atoms with van der Waals surface area (Å²) in [4.78, 5) is 0. The molecule has 1 saturated carbocycles. The topological polar surface area (TPSA) is 46.2 Å². The molecule has 10 heavy (non-hydrogen) atoms. The van der Waals surface area contributed by atoms with E-state index in [1.165, 1.54) is 6.42 Å². The van der Waals surface area contributed by atoms with E-state index in [0.29, 0.717) is 5.92 Å². The maximum absolute atomic E-state index is 9.61. The fourth-order valence-electron chi connectivity index (χ4n) is 1.81. The Balaban J connectivity index is 2.51. The molecule has 3 N–H and O–H groups in total. The first kappa shape index (κ1) is 8.02. The lowest BCUT2D eigenvalue weighted by atomic mass is 9.80. The first-order chi connectivity index (χ1) is 4.67. The Hall–Kier alpha value is -0.0800. The number of aliphatic hydroxyl groups is 1. The zero-order chi connectivity index (χ0) is 7.61. The summed E-state index contributed by atoms with van der Waals surface area (Å²) >= 11 is 0. The Labute approximate surface area is 62.4 Å². The van der Waals surface area contributed by atoms with E-state index >= 15 is 0 Å². The van der Waals surface area contributed by atoms with E-state index in [2.05, 4.69) is 6.92 Å².